The minimum absolute atomic E-state index is 0.0101. The van der Waals surface area contributed by atoms with E-state index in [1.54, 1.807) is 0 Å². The number of carboxylic acid groups (broad SMARTS) is 1. The second-order valence-electron chi connectivity index (χ2n) is 14.8. The highest BCUT2D eigenvalue weighted by Crippen LogP contribution is 2.75. The molecule has 0 aromatic carbocycles. The van der Waals surface area contributed by atoms with E-state index in [4.69, 9.17) is 0 Å². The zero-order valence-electron chi connectivity index (χ0n) is 22.5. The summed E-state index contributed by atoms with van der Waals surface area (Å²) in [6.45, 7) is 15.9. The maximum atomic E-state index is 12.9. The third-order valence-electron chi connectivity index (χ3n) is 13.2. The van der Waals surface area contributed by atoms with E-state index in [0.717, 1.165) is 38.5 Å². The normalized spacial score (nSPS) is 54.1. The third-order valence-corrected chi connectivity index (χ3v) is 13.2. The van der Waals surface area contributed by atoms with Gasteiger partial charge in [-0.3, -0.25) is 9.59 Å². The molecule has 0 radical (unpaired) electrons. The maximum Gasteiger partial charge on any atom is 0.309 e. The first kappa shape index (κ1) is 24.5. The van der Waals surface area contributed by atoms with Gasteiger partial charge in [-0.15, -0.1) is 0 Å². The Bertz CT molecular complexity index is 965. The van der Waals surface area contributed by atoms with Crippen LogP contribution in [0.5, 0.6) is 0 Å². The number of carbonyl (C=O) groups excluding carboxylic acids is 1. The first-order chi connectivity index (χ1) is 15.6. The number of fused-ring (bicyclic) bond motifs is 7. The van der Waals surface area contributed by atoms with Crippen LogP contribution in [0.3, 0.4) is 0 Å². The van der Waals surface area contributed by atoms with Crippen LogP contribution in [0.4, 0.5) is 0 Å². The summed E-state index contributed by atoms with van der Waals surface area (Å²) >= 11 is 0. The Morgan fingerprint density at radius 1 is 0.912 bits per heavy atom. The Labute approximate surface area is 206 Å². The molecule has 5 aliphatic carbocycles. The smallest absolute Gasteiger partial charge is 0.309 e. The zero-order valence-corrected chi connectivity index (χ0v) is 22.5. The van der Waals surface area contributed by atoms with Gasteiger partial charge in [-0.2, -0.15) is 0 Å². The van der Waals surface area contributed by atoms with E-state index in [9.17, 15) is 19.8 Å². The van der Waals surface area contributed by atoms with Gasteiger partial charge in [0.25, 0.3) is 0 Å². The molecule has 5 aliphatic rings. The minimum atomic E-state index is -0.877. The Balaban J connectivity index is 1.59. The van der Waals surface area contributed by atoms with Crippen molar-refractivity contribution >= 4 is 11.8 Å². The fourth-order valence-electron chi connectivity index (χ4n) is 10.5. The molecule has 0 bridgehead atoms. The molecule has 4 saturated carbocycles. The molecule has 0 heterocycles. The third kappa shape index (κ3) is 2.75. The van der Waals surface area contributed by atoms with Crippen molar-refractivity contribution in [2.24, 2.45) is 50.2 Å². The van der Waals surface area contributed by atoms with Gasteiger partial charge in [0.05, 0.1) is 11.5 Å². The van der Waals surface area contributed by atoms with E-state index in [1.807, 2.05) is 6.92 Å². The van der Waals surface area contributed by atoms with E-state index in [-0.39, 0.29) is 33.0 Å². The molecule has 5 rings (SSSR count). The number of rotatable bonds is 1. The second kappa shape index (κ2) is 6.99. The first-order valence-corrected chi connectivity index (χ1v) is 13.7. The molecule has 9 atom stereocenters. The number of aliphatic hydroxyl groups is 1. The summed E-state index contributed by atoms with van der Waals surface area (Å²) in [6.07, 6.45) is 9.84. The van der Waals surface area contributed by atoms with Crippen LogP contribution in [0.15, 0.2) is 11.6 Å². The van der Waals surface area contributed by atoms with E-state index < -0.39 is 17.5 Å². The van der Waals surface area contributed by atoms with Gasteiger partial charge < -0.3 is 10.2 Å². The van der Waals surface area contributed by atoms with Crippen LogP contribution >= 0.6 is 0 Å². The number of hydrogen-bond acceptors (Lipinski definition) is 3. The predicted molar refractivity (Wildman–Crippen MR) is 133 cm³/mol. The molecule has 4 fully saturated rings. The second-order valence-corrected chi connectivity index (χ2v) is 14.8. The highest BCUT2D eigenvalue weighted by molar-refractivity contribution is 5.85. The van der Waals surface area contributed by atoms with E-state index in [0.29, 0.717) is 36.9 Å². The molecular formula is C30H46O4. The van der Waals surface area contributed by atoms with Crippen molar-refractivity contribution < 1.29 is 19.8 Å². The lowest BCUT2D eigenvalue weighted by atomic mass is 9.33. The molecule has 0 aromatic heterocycles. The Hall–Kier alpha value is -1.16. The van der Waals surface area contributed by atoms with Gasteiger partial charge in [0.1, 0.15) is 5.78 Å². The van der Waals surface area contributed by atoms with Gasteiger partial charge in [0, 0.05) is 17.3 Å². The lowest BCUT2D eigenvalue weighted by molar-refractivity contribution is -0.193. The summed E-state index contributed by atoms with van der Waals surface area (Å²) in [5, 5.41) is 21.3. The van der Waals surface area contributed by atoms with Crippen molar-refractivity contribution in [2.75, 3.05) is 0 Å². The van der Waals surface area contributed by atoms with E-state index in [2.05, 4.69) is 47.6 Å². The topological polar surface area (TPSA) is 74.6 Å². The fourth-order valence-corrected chi connectivity index (χ4v) is 10.5. The van der Waals surface area contributed by atoms with Gasteiger partial charge in [-0.1, -0.05) is 53.2 Å². The summed E-state index contributed by atoms with van der Waals surface area (Å²) in [5.41, 5.74) is 0.360. The largest absolute Gasteiger partial charge is 0.481 e. The SMILES string of the molecule is CC1(C(=O)O)CC(O)C2(C)CCC3(C)C(=CCC4C5(C)CCC(=O)C(C)(C)C5CCC43C)C2C1. The number of hydrogen-bond donors (Lipinski definition) is 2. The number of ketones is 1. The Morgan fingerprint density at radius 2 is 1.59 bits per heavy atom. The minimum Gasteiger partial charge on any atom is -0.481 e. The van der Waals surface area contributed by atoms with Gasteiger partial charge in [0.15, 0.2) is 0 Å². The lowest BCUT2D eigenvalue weighted by Crippen LogP contribution is -2.65. The number of Topliss-reactive ketones (excluding diaryl/α,β-unsaturated/α-hetero) is 1. The maximum absolute atomic E-state index is 12.9. The molecule has 190 valence electrons. The molecule has 2 N–H and O–H groups in total. The van der Waals surface area contributed by atoms with Gasteiger partial charge in [-0.25, -0.2) is 0 Å². The molecule has 0 amide bonds. The van der Waals surface area contributed by atoms with Crippen LogP contribution in [0.2, 0.25) is 0 Å². The standard InChI is InChI=1S/C30H46O4/c1-25(2)20-10-13-30(7)21(28(20,5)12-11-22(25)31)9-8-18-19-16-26(3,24(33)34)17-23(32)27(19,4)14-15-29(18,30)6/h8,19-21,23,32H,9-17H2,1-7H3,(H,33,34). The summed E-state index contributed by atoms with van der Waals surface area (Å²) in [4.78, 5) is 25.2. The predicted octanol–water partition coefficient (Wildman–Crippen LogP) is 6.41. The van der Waals surface area contributed by atoms with Crippen molar-refractivity contribution in [1.29, 1.82) is 0 Å². The molecule has 9 unspecified atom stereocenters. The Morgan fingerprint density at radius 3 is 2.24 bits per heavy atom. The molecule has 4 nitrogen and oxygen atoms in total. The van der Waals surface area contributed by atoms with Crippen LogP contribution in [-0.4, -0.2) is 28.1 Å². The lowest BCUT2D eigenvalue weighted by Gasteiger charge is -2.71. The van der Waals surface area contributed by atoms with Crippen LogP contribution < -0.4 is 0 Å². The molecule has 0 saturated heterocycles. The van der Waals surface area contributed by atoms with Crippen LogP contribution in [0.1, 0.15) is 106 Å². The van der Waals surface area contributed by atoms with Crippen LogP contribution in [-0.2, 0) is 9.59 Å². The molecule has 0 aliphatic heterocycles. The quantitative estimate of drug-likeness (QED) is 0.434. The number of aliphatic carboxylic acids is 1. The first-order valence-electron chi connectivity index (χ1n) is 13.7. The monoisotopic (exact) mass is 470 g/mol. The Kier molecular flexibility index (Phi) is 5.04. The highest BCUT2D eigenvalue weighted by Gasteiger charge is 2.69. The average Bonchev–Trinajstić information content (AvgIpc) is 2.73. The fraction of sp³-hybridized carbons (Fsp3) is 0.867. The van der Waals surface area contributed by atoms with Gasteiger partial charge in [0.2, 0.25) is 0 Å². The molecular weight excluding hydrogens is 424 g/mol. The van der Waals surface area contributed by atoms with E-state index >= 15 is 0 Å². The number of allylic oxidation sites excluding steroid dienone is 2. The summed E-state index contributed by atoms with van der Waals surface area (Å²) in [5.74, 6) is 0.740. The van der Waals surface area contributed by atoms with Crippen molar-refractivity contribution in [3.05, 3.63) is 11.6 Å². The summed E-state index contributed by atoms with van der Waals surface area (Å²) in [7, 11) is 0. The molecule has 4 heteroatoms. The van der Waals surface area contributed by atoms with Crippen molar-refractivity contribution in [3.63, 3.8) is 0 Å². The number of carbonyl (C=O) groups is 2. The highest BCUT2D eigenvalue weighted by atomic mass is 16.4. The van der Waals surface area contributed by atoms with E-state index in [1.165, 1.54) is 5.57 Å². The zero-order chi connectivity index (χ0) is 25.1. The molecule has 0 aromatic rings. The van der Waals surface area contributed by atoms with Gasteiger partial charge >= 0.3 is 5.97 Å². The number of carboxylic acids is 1. The van der Waals surface area contributed by atoms with Crippen molar-refractivity contribution in [3.8, 4) is 0 Å². The van der Waals surface area contributed by atoms with Gasteiger partial charge in [-0.05, 0) is 92.3 Å². The van der Waals surface area contributed by atoms with Crippen LogP contribution in [0, 0.1) is 50.2 Å². The molecule has 34 heavy (non-hydrogen) atoms. The summed E-state index contributed by atoms with van der Waals surface area (Å²) in [6, 6.07) is 0. The average molecular weight is 471 g/mol. The van der Waals surface area contributed by atoms with Crippen molar-refractivity contribution in [1.82, 2.24) is 0 Å². The molecule has 0 spiro atoms. The summed E-state index contributed by atoms with van der Waals surface area (Å²) < 4.78 is 0. The van der Waals surface area contributed by atoms with Crippen molar-refractivity contribution in [2.45, 2.75) is 112 Å². The number of aliphatic hydroxyl groups excluding tert-OH is 1. The van der Waals surface area contributed by atoms with Crippen LogP contribution in [0.25, 0.3) is 0 Å².